The first kappa shape index (κ1) is 17.0. The number of urea groups is 1. The van der Waals surface area contributed by atoms with E-state index in [-0.39, 0.29) is 43.9 Å². The zero-order chi connectivity index (χ0) is 19.1. The molecule has 10 heteroatoms. The van der Waals surface area contributed by atoms with Crippen molar-refractivity contribution in [3.8, 4) is 0 Å². The Morgan fingerprint density at radius 2 is 1.93 bits per heavy atom. The average molecular weight is 371 g/mol. The van der Waals surface area contributed by atoms with Crippen molar-refractivity contribution in [2.24, 2.45) is 0 Å². The van der Waals surface area contributed by atoms with Gasteiger partial charge in [-0.3, -0.25) is 29.4 Å². The summed E-state index contributed by atoms with van der Waals surface area (Å²) in [7, 11) is 0. The van der Waals surface area contributed by atoms with E-state index >= 15 is 0 Å². The van der Waals surface area contributed by atoms with Crippen molar-refractivity contribution in [3.63, 3.8) is 0 Å². The molecule has 2 fully saturated rings. The summed E-state index contributed by atoms with van der Waals surface area (Å²) in [5.74, 6) is -1.29. The third-order valence-corrected chi connectivity index (χ3v) is 4.86. The number of hydrogen-bond donors (Lipinski definition) is 3. The van der Waals surface area contributed by atoms with Gasteiger partial charge < -0.3 is 15.5 Å². The standard InChI is InChI=1S/C17H17N5O5/c23-13-4-3-12(15(25)20-13)22-6-9-5-10(1-2-11(9)16(22)26)19-17(27)21-7-14(24)18-8-21/h1-2,5,12H,3-4,6-8H2,(H,18,24)(H,19,27)(H,20,23,25). The number of hydrogen-bond acceptors (Lipinski definition) is 5. The lowest BCUT2D eigenvalue weighted by molar-refractivity contribution is -0.137. The Balaban J connectivity index is 1.47. The molecule has 3 heterocycles. The molecule has 10 nitrogen and oxygen atoms in total. The maximum Gasteiger partial charge on any atom is 0.323 e. The summed E-state index contributed by atoms with van der Waals surface area (Å²) in [6.07, 6.45) is 0.490. The summed E-state index contributed by atoms with van der Waals surface area (Å²) >= 11 is 0. The van der Waals surface area contributed by atoms with E-state index in [0.717, 1.165) is 0 Å². The van der Waals surface area contributed by atoms with Gasteiger partial charge in [-0.2, -0.15) is 0 Å². The first-order chi connectivity index (χ1) is 12.9. The number of benzene rings is 1. The first-order valence-electron chi connectivity index (χ1n) is 8.52. The Labute approximate surface area is 153 Å². The minimum atomic E-state index is -0.678. The molecule has 0 bridgehead atoms. The van der Waals surface area contributed by atoms with E-state index in [2.05, 4.69) is 16.0 Å². The number of anilines is 1. The van der Waals surface area contributed by atoms with E-state index in [1.54, 1.807) is 18.2 Å². The van der Waals surface area contributed by atoms with Crippen LogP contribution in [0, 0.1) is 0 Å². The Morgan fingerprint density at radius 1 is 1.11 bits per heavy atom. The van der Waals surface area contributed by atoms with Crippen LogP contribution in [0.1, 0.15) is 28.8 Å². The van der Waals surface area contributed by atoms with Crippen molar-refractivity contribution in [3.05, 3.63) is 29.3 Å². The van der Waals surface area contributed by atoms with Gasteiger partial charge >= 0.3 is 6.03 Å². The number of nitrogens with zero attached hydrogens (tertiary/aromatic N) is 2. The van der Waals surface area contributed by atoms with Crippen LogP contribution in [-0.4, -0.2) is 58.7 Å². The van der Waals surface area contributed by atoms with Crippen LogP contribution in [0.15, 0.2) is 18.2 Å². The molecule has 3 aliphatic heterocycles. The molecule has 3 N–H and O–H groups in total. The highest BCUT2D eigenvalue weighted by molar-refractivity contribution is 6.05. The second kappa shape index (κ2) is 6.38. The summed E-state index contributed by atoms with van der Waals surface area (Å²) in [6.45, 7) is 0.379. The smallest absolute Gasteiger partial charge is 0.323 e. The van der Waals surface area contributed by atoms with Gasteiger partial charge in [0, 0.05) is 24.2 Å². The number of carbonyl (C=O) groups excluding carboxylic acids is 5. The Kier molecular flexibility index (Phi) is 4.02. The molecule has 2 saturated heterocycles. The van der Waals surface area contributed by atoms with Crippen LogP contribution in [0.2, 0.25) is 0 Å². The van der Waals surface area contributed by atoms with Gasteiger partial charge in [-0.25, -0.2) is 4.79 Å². The lowest BCUT2D eigenvalue weighted by Crippen LogP contribution is -2.52. The quantitative estimate of drug-likeness (QED) is 0.597. The van der Waals surface area contributed by atoms with Crippen LogP contribution in [0.25, 0.3) is 0 Å². The molecule has 1 atom stereocenters. The van der Waals surface area contributed by atoms with Crippen molar-refractivity contribution < 1.29 is 24.0 Å². The van der Waals surface area contributed by atoms with Gasteiger partial charge in [0.1, 0.15) is 12.6 Å². The van der Waals surface area contributed by atoms with Crippen LogP contribution in [0.3, 0.4) is 0 Å². The molecule has 4 rings (SSSR count). The van der Waals surface area contributed by atoms with Crippen molar-refractivity contribution in [1.82, 2.24) is 20.4 Å². The number of amides is 6. The van der Waals surface area contributed by atoms with Crippen LogP contribution in [-0.2, 0) is 20.9 Å². The van der Waals surface area contributed by atoms with Gasteiger partial charge in [0.25, 0.3) is 5.91 Å². The molecule has 0 saturated carbocycles. The van der Waals surface area contributed by atoms with Crippen molar-refractivity contribution in [2.75, 3.05) is 18.5 Å². The van der Waals surface area contributed by atoms with E-state index in [4.69, 9.17) is 0 Å². The van der Waals surface area contributed by atoms with Crippen molar-refractivity contribution in [2.45, 2.75) is 25.4 Å². The lowest BCUT2D eigenvalue weighted by atomic mass is 10.0. The SMILES string of the molecule is O=C1CN(C(=O)Nc2ccc3c(c2)CN(C2CCC(=O)NC2=O)C3=O)CN1. The summed E-state index contributed by atoms with van der Waals surface area (Å²) < 4.78 is 0. The van der Waals surface area contributed by atoms with Gasteiger partial charge in [0.05, 0.1) is 6.67 Å². The molecule has 0 spiro atoms. The third kappa shape index (κ3) is 3.09. The molecule has 1 unspecified atom stereocenters. The molecule has 3 aliphatic rings. The molecule has 1 aromatic carbocycles. The summed E-state index contributed by atoms with van der Waals surface area (Å²) in [6, 6.07) is 3.80. The van der Waals surface area contributed by atoms with E-state index < -0.39 is 18.0 Å². The topological polar surface area (TPSA) is 128 Å². The predicted molar refractivity (Wildman–Crippen MR) is 91.2 cm³/mol. The summed E-state index contributed by atoms with van der Waals surface area (Å²) in [5.41, 5.74) is 1.66. The lowest BCUT2D eigenvalue weighted by Gasteiger charge is -2.29. The van der Waals surface area contributed by atoms with Gasteiger partial charge in [0.15, 0.2) is 0 Å². The van der Waals surface area contributed by atoms with Crippen LogP contribution >= 0.6 is 0 Å². The van der Waals surface area contributed by atoms with Crippen LogP contribution in [0.5, 0.6) is 0 Å². The third-order valence-electron chi connectivity index (χ3n) is 4.86. The second-order valence-electron chi connectivity index (χ2n) is 6.66. The Bertz CT molecular complexity index is 882. The first-order valence-corrected chi connectivity index (χ1v) is 8.52. The van der Waals surface area contributed by atoms with E-state index in [0.29, 0.717) is 23.2 Å². The number of carbonyl (C=O) groups is 5. The number of rotatable bonds is 2. The normalized spacial score (nSPS) is 21.9. The largest absolute Gasteiger partial charge is 0.337 e. The monoisotopic (exact) mass is 371 g/mol. The average Bonchev–Trinajstić information content (AvgIpc) is 3.19. The maximum atomic E-state index is 12.6. The molecule has 27 heavy (non-hydrogen) atoms. The van der Waals surface area contributed by atoms with Gasteiger partial charge in [-0.1, -0.05) is 0 Å². The van der Waals surface area contributed by atoms with Gasteiger partial charge in [-0.15, -0.1) is 0 Å². The van der Waals surface area contributed by atoms with Crippen molar-refractivity contribution >= 4 is 35.3 Å². The molecule has 0 radical (unpaired) electrons. The number of imide groups is 1. The summed E-state index contributed by atoms with van der Waals surface area (Å²) in [5, 5.41) is 7.50. The maximum absolute atomic E-state index is 12.6. The Hall–Kier alpha value is -3.43. The highest BCUT2D eigenvalue weighted by Gasteiger charge is 2.39. The molecule has 140 valence electrons. The fraction of sp³-hybridized carbons (Fsp3) is 0.353. The summed E-state index contributed by atoms with van der Waals surface area (Å²) in [4.78, 5) is 62.1. The van der Waals surface area contributed by atoms with Gasteiger partial charge in [0.2, 0.25) is 17.7 Å². The fourth-order valence-electron chi connectivity index (χ4n) is 3.47. The second-order valence-corrected chi connectivity index (χ2v) is 6.66. The minimum Gasteiger partial charge on any atom is -0.337 e. The van der Waals surface area contributed by atoms with Gasteiger partial charge in [-0.05, 0) is 30.2 Å². The Morgan fingerprint density at radius 3 is 2.63 bits per heavy atom. The molecule has 1 aromatic rings. The fourth-order valence-corrected chi connectivity index (χ4v) is 3.47. The van der Waals surface area contributed by atoms with E-state index in [1.807, 2.05) is 0 Å². The highest BCUT2D eigenvalue weighted by Crippen LogP contribution is 2.29. The number of piperidine rings is 1. The molecular formula is C17H17N5O5. The molecule has 0 aliphatic carbocycles. The predicted octanol–water partition coefficient (Wildman–Crippen LogP) is -0.631. The van der Waals surface area contributed by atoms with Crippen LogP contribution < -0.4 is 16.0 Å². The number of nitrogens with one attached hydrogen (secondary N) is 3. The zero-order valence-electron chi connectivity index (χ0n) is 14.3. The van der Waals surface area contributed by atoms with E-state index in [1.165, 1.54) is 9.80 Å². The molecule has 0 aromatic heterocycles. The minimum absolute atomic E-state index is 0.00144. The van der Waals surface area contributed by atoms with Crippen LogP contribution in [0.4, 0.5) is 10.5 Å². The molecular weight excluding hydrogens is 354 g/mol. The van der Waals surface area contributed by atoms with E-state index in [9.17, 15) is 24.0 Å². The van der Waals surface area contributed by atoms with Crippen molar-refractivity contribution in [1.29, 1.82) is 0 Å². The number of fused-ring (bicyclic) bond motifs is 1. The molecule has 6 amide bonds. The highest BCUT2D eigenvalue weighted by atomic mass is 16.2. The zero-order valence-corrected chi connectivity index (χ0v) is 14.3.